The number of carbonyl (C=O) groups excluding carboxylic acids is 1. The molecule has 0 spiro atoms. The number of halogens is 1. The molecule has 0 saturated carbocycles. The van der Waals surface area contributed by atoms with E-state index in [4.69, 9.17) is 11.6 Å². The summed E-state index contributed by atoms with van der Waals surface area (Å²) in [5.41, 5.74) is 1.53. The second kappa shape index (κ2) is 6.61. The molecule has 1 rings (SSSR count). The number of nitrogens with one attached hydrogen (secondary N) is 1. The second-order valence-corrected chi connectivity index (χ2v) is 4.60. The summed E-state index contributed by atoms with van der Waals surface area (Å²) in [5.74, 6) is -0.0457. The molecule has 0 aliphatic rings. The van der Waals surface area contributed by atoms with Crippen LogP contribution < -0.4 is 10.2 Å². The lowest BCUT2D eigenvalue weighted by molar-refractivity contribution is -0.119. The molecule has 0 unspecified atom stereocenters. The van der Waals surface area contributed by atoms with E-state index in [1.165, 1.54) is 0 Å². The van der Waals surface area contributed by atoms with Gasteiger partial charge < -0.3 is 15.3 Å². The number of amides is 1. The van der Waals surface area contributed by atoms with Gasteiger partial charge in [-0.05, 0) is 31.5 Å². The van der Waals surface area contributed by atoms with E-state index >= 15 is 0 Å². The van der Waals surface area contributed by atoms with Crippen LogP contribution in [0.25, 0.3) is 0 Å². The van der Waals surface area contributed by atoms with Crippen LogP contribution in [0, 0.1) is 0 Å². The van der Waals surface area contributed by atoms with Crippen molar-refractivity contribution in [1.29, 1.82) is 0 Å². The van der Waals surface area contributed by atoms with E-state index in [0.29, 0.717) is 11.6 Å². The molecule has 2 N–H and O–H groups in total. The monoisotopic (exact) mass is 270 g/mol. The minimum atomic E-state index is -0.551. The molecule has 1 aromatic rings. The highest BCUT2D eigenvalue weighted by atomic mass is 35.5. The van der Waals surface area contributed by atoms with Gasteiger partial charge in [0.1, 0.15) is 0 Å². The highest BCUT2D eigenvalue weighted by Crippen LogP contribution is 2.28. The van der Waals surface area contributed by atoms with Crippen LogP contribution in [0.5, 0.6) is 0 Å². The largest absolute Gasteiger partial charge is 0.389 e. The van der Waals surface area contributed by atoms with Crippen molar-refractivity contribution in [1.82, 2.24) is 5.32 Å². The quantitative estimate of drug-likeness (QED) is 0.860. The first kappa shape index (κ1) is 14.8. The van der Waals surface area contributed by atoms with Crippen molar-refractivity contribution < 1.29 is 9.90 Å². The van der Waals surface area contributed by atoms with Crippen LogP contribution in [0.2, 0.25) is 5.02 Å². The number of carbonyl (C=O) groups is 1. The molecular formula is C13H19ClN2O2. The van der Waals surface area contributed by atoms with Crippen LogP contribution in [0.15, 0.2) is 18.2 Å². The lowest BCUT2D eigenvalue weighted by Gasteiger charge is -2.20. The number of anilines is 1. The third kappa shape index (κ3) is 3.89. The van der Waals surface area contributed by atoms with Crippen molar-refractivity contribution in [3.05, 3.63) is 28.8 Å². The van der Waals surface area contributed by atoms with E-state index in [-0.39, 0.29) is 12.5 Å². The molecule has 0 radical (unpaired) electrons. The minimum absolute atomic E-state index is 0.0457. The van der Waals surface area contributed by atoms with Gasteiger partial charge in [0.25, 0.3) is 0 Å². The summed E-state index contributed by atoms with van der Waals surface area (Å²) in [6.45, 7) is 4.43. The highest BCUT2D eigenvalue weighted by Gasteiger charge is 2.11. The average molecular weight is 271 g/mol. The zero-order valence-corrected chi connectivity index (χ0v) is 11.7. The zero-order valence-electron chi connectivity index (χ0n) is 10.9. The molecule has 100 valence electrons. The third-order valence-electron chi connectivity index (χ3n) is 2.62. The Bertz CT molecular complexity index is 421. The molecule has 0 heterocycles. The number of rotatable bonds is 5. The first-order chi connectivity index (χ1) is 8.45. The van der Waals surface area contributed by atoms with E-state index in [1.807, 2.05) is 13.0 Å². The molecule has 0 aromatic heterocycles. The number of likely N-dealkylation sites (N-methyl/N-ethyl adjacent to an activating group) is 2. The number of nitrogens with zero attached hydrogens (tertiary/aromatic N) is 1. The molecule has 0 aliphatic carbocycles. The van der Waals surface area contributed by atoms with Gasteiger partial charge in [0.05, 0.1) is 23.4 Å². The van der Waals surface area contributed by atoms with E-state index in [2.05, 4.69) is 5.32 Å². The molecule has 0 fully saturated rings. The molecule has 18 heavy (non-hydrogen) atoms. The van der Waals surface area contributed by atoms with Crippen LogP contribution in [-0.2, 0) is 4.79 Å². The van der Waals surface area contributed by atoms with Crippen molar-refractivity contribution >= 4 is 23.2 Å². The van der Waals surface area contributed by atoms with Crippen molar-refractivity contribution in [2.75, 3.05) is 25.0 Å². The third-order valence-corrected chi connectivity index (χ3v) is 2.92. The molecule has 0 aliphatic heterocycles. The topological polar surface area (TPSA) is 52.6 Å². The lowest BCUT2D eigenvalue weighted by Crippen LogP contribution is -2.35. The van der Waals surface area contributed by atoms with Gasteiger partial charge in [0.2, 0.25) is 5.91 Å². The van der Waals surface area contributed by atoms with Crippen LogP contribution >= 0.6 is 11.6 Å². The van der Waals surface area contributed by atoms with Gasteiger partial charge in [-0.15, -0.1) is 0 Å². The maximum absolute atomic E-state index is 11.5. The van der Waals surface area contributed by atoms with Gasteiger partial charge in [-0.25, -0.2) is 0 Å². The lowest BCUT2D eigenvalue weighted by atomic mass is 10.1. The van der Waals surface area contributed by atoms with Crippen LogP contribution in [0.4, 0.5) is 5.69 Å². The molecule has 1 atom stereocenters. The molecule has 0 bridgehead atoms. The molecule has 5 heteroatoms. The van der Waals surface area contributed by atoms with Crippen molar-refractivity contribution in [3.63, 3.8) is 0 Å². The van der Waals surface area contributed by atoms with Gasteiger partial charge in [-0.3, -0.25) is 4.79 Å². The van der Waals surface area contributed by atoms with E-state index < -0.39 is 6.10 Å². The smallest absolute Gasteiger partial charge is 0.239 e. The SMILES string of the molecule is CCNC(=O)CN(C)c1ccc([C@@H](C)O)cc1Cl. The van der Waals surface area contributed by atoms with Gasteiger partial charge >= 0.3 is 0 Å². The number of benzene rings is 1. The Balaban J connectivity index is 2.80. The molecule has 1 aromatic carbocycles. The average Bonchev–Trinajstić information content (AvgIpc) is 2.28. The zero-order chi connectivity index (χ0) is 13.7. The van der Waals surface area contributed by atoms with Gasteiger partial charge in [-0.2, -0.15) is 0 Å². The standard InChI is InChI=1S/C13H19ClN2O2/c1-4-15-13(18)8-16(3)12-6-5-10(9(2)17)7-11(12)14/h5-7,9,17H,4,8H2,1-3H3,(H,15,18)/t9-/m1/s1. The molecular weight excluding hydrogens is 252 g/mol. The first-order valence-electron chi connectivity index (χ1n) is 5.91. The Morgan fingerprint density at radius 1 is 1.56 bits per heavy atom. The number of aliphatic hydroxyl groups is 1. The molecule has 4 nitrogen and oxygen atoms in total. The fourth-order valence-corrected chi connectivity index (χ4v) is 1.98. The van der Waals surface area contributed by atoms with Crippen LogP contribution in [-0.4, -0.2) is 31.2 Å². The van der Waals surface area contributed by atoms with Crippen LogP contribution in [0.1, 0.15) is 25.5 Å². The van der Waals surface area contributed by atoms with Crippen LogP contribution in [0.3, 0.4) is 0 Å². The Kier molecular flexibility index (Phi) is 5.44. The van der Waals surface area contributed by atoms with E-state index in [0.717, 1.165) is 11.3 Å². The second-order valence-electron chi connectivity index (χ2n) is 4.20. The molecule has 1 amide bonds. The maximum Gasteiger partial charge on any atom is 0.239 e. The van der Waals surface area contributed by atoms with E-state index in [9.17, 15) is 9.90 Å². The van der Waals surface area contributed by atoms with Crippen molar-refractivity contribution in [2.24, 2.45) is 0 Å². The maximum atomic E-state index is 11.5. The number of hydrogen-bond acceptors (Lipinski definition) is 3. The van der Waals surface area contributed by atoms with Gasteiger partial charge in [0.15, 0.2) is 0 Å². The molecule has 0 saturated heterocycles. The van der Waals surface area contributed by atoms with Gasteiger partial charge in [0, 0.05) is 13.6 Å². The van der Waals surface area contributed by atoms with Crippen molar-refractivity contribution in [3.8, 4) is 0 Å². The number of hydrogen-bond donors (Lipinski definition) is 2. The summed E-state index contributed by atoms with van der Waals surface area (Å²) in [7, 11) is 1.80. The predicted molar refractivity (Wildman–Crippen MR) is 74.0 cm³/mol. The van der Waals surface area contributed by atoms with Crippen molar-refractivity contribution in [2.45, 2.75) is 20.0 Å². The Labute approximate surface area is 113 Å². The Morgan fingerprint density at radius 3 is 2.72 bits per heavy atom. The summed E-state index contributed by atoms with van der Waals surface area (Å²) in [5, 5.41) is 12.7. The summed E-state index contributed by atoms with van der Waals surface area (Å²) in [4.78, 5) is 13.3. The summed E-state index contributed by atoms with van der Waals surface area (Å²) >= 11 is 6.14. The normalized spacial score (nSPS) is 12.1. The fraction of sp³-hybridized carbons (Fsp3) is 0.462. The highest BCUT2D eigenvalue weighted by molar-refractivity contribution is 6.33. The van der Waals surface area contributed by atoms with E-state index in [1.54, 1.807) is 31.0 Å². The minimum Gasteiger partial charge on any atom is -0.389 e. The van der Waals surface area contributed by atoms with Gasteiger partial charge in [-0.1, -0.05) is 17.7 Å². The summed E-state index contributed by atoms with van der Waals surface area (Å²) in [6, 6.07) is 5.33. The number of aliphatic hydroxyl groups excluding tert-OH is 1. The Hall–Kier alpha value is -1.26. The summed E-state index contributed by atoms with van der Waals surface area (Å²) < 4.78 is 0. The Morgan fingerprint density at radius 2 is 2.22 bits per heavy atom. The predicted octanol–water partition coefficient (Wildman–Crippen LogP) is 1.97. The summed E-state index contributed by atoms with van der Waals surface area (Å²) in [6.07, 6.45) is -0.551. The fourth-order valence-electron chi connectivity index (χ4n) is 1.65. The first-order valence-corrected chi connectivity index (χ1v) is 6.28.